The van der Waals surface area contributed by atoms with Crippen LogP contribution in [0.4, 0.5) is 18.9 Å². The van der Waals surface area contributed by atoms with Gasteiger partial charge in [0.1, 0.15) is 5.75 Å². The summed E-state index contributed by atoms with van der Waals surface area (Å²) in [6.45, 7) is 3.04. The number of hydrogen-bond acceptors (Lipinski definition) is 3. The fourth-order valence-electron chi connectivity index (χ4n) is 3.57. The number of hydrogen-bond donors (Lipinski definition) is 2. The second-order valence-electron chi connectivity index (χ2n) is 7.27. The molecule has 1 atom stereocenters. The Morgan fingerprint density at radius 3 is 2.53 bits per heavy atom. The number of rotatable bonds is 6. The topological polar surface area (TPSA) is 48.9 Å². The van der Waals surface area contributed by atoms with Crippen LogP contribution in [0.15, 0.2) is 53.5 Å². The number of guanidine groups is 1. The summed E-state index contributed by atoms with van der Waals surface area (Å²) in [6, 6.07) is 13.2. The molecule has 0 radical (unpaired) electrons. The summed E-state index contributed by atoms with van der Waals surface area (Å²) >= 11 is 0. The van der Waals surface area contributed by atoms with E-state index >= 15 is 0 Å². The van der Waals surface area contributed by atoms with Crippen LogP contribution in [-0.2, 0) is 12.7 Å². The molecule has 1 aliphatic heterocycles. The Balaban J connectivity index is 1.47. The number of ether oxygens (including phenoxy) is 1. The third-order valence-corrected chi connectivity index (χ3v) is 5.23. The molecule has 0 aliphatic carbocycles. The smallest absolute Gasteiger partial charge is 0.416 e. The monoisotopic (exact) mass is 420 g/mol. The summed E-state index contributed by atoms with van der Waals surface area (Å²) in [5.41, 5.74) is 1.22. The second-order valence-corrected chi connectivity index (χ2v) is 7.27. The fraction of sp³-hybridized carbons (Fsp3) is 0.409. The molecule has 0 amide bonds. The molecule has 1 fully saturated rings. The van der Waals surface area contributed by atoms with Crippen molar-refractivity contribution < 1.29 is 17.9 Å². The number of methoxy groups -OCH3 is 1. The van der Waals surface area contributed by atoms with E-state index in [1.165, 1.54) is 12.1 Å². The van der Waals surface area contributed by atoms with Crippen LogP contribution in [0.25, 0.3) is 0 Å². The number of para-hydroxylation sites is 2. The molecule has 0 aromatic heterocycles. The van der Waals surface area contributed by atoms with Gasteiger partial charge >= 0.3 is 6.18 Å². The maximum atomic E-state index is 12.7. The number of nitrogens with one attached hydrogen (secondary N) is 2. The standard InChI is InChI=1S/C22H27F3N4O/c1-26-21(27-13-16-7-9-18(10-8-16)22(23,24)25)28-14-17-11-12-29(15-17)19-5-3-4-6-20(19)30-2/h3-10,17H,11-15H2,1-2H3,(H2,26,27,28). The predicted octanol–water partition coefficient (Wildman–Crippen LogP) is 3.91. The molecule has 30 heavy (non-hydrogen) atoms. The van der Waals surface area contributed by atoms with E-state index in [0.29, 0.717) is 18.4 Å². The maximum Gasteiger partial charge on any atom is 0.416 e. The van der Waals surface area contributed by atoms with E-state index in [4.69, 9.17) is 4.74 Å². The highest BCUT2D eigenvalue weighted by atomic mass is 19.4. The SMILES string of the molecule is CN=C(NCc1ccc(C(F)(F)F)cc1)NCC1CCN(c2ccccc2OC)C1. The summed E-state index contributed by atoms with van der Waals surface area (Å²) in [6.07, 6.45) is -3.26. The molecule has 1 heterocycles. The quantitative estimate of drug-likeness (QED) is 0.550. The van der Waals surface area contributed by atoms with Gasteiger partial charge in [0.05, 0.1) is 18.4 Å². The van der Waals surface area contributed by atoms with E-state index in [9.17, 15) is 13.2 Å². The lowest BCUT2D eigenvalue weighted by atomic mass is 10.1. The molecule has 0 saturated carbocycles. The largest absolute Gasteiger partial charge is 0.495 e. The highest BCUT2D eigenvalue weighted by molar-refractivity contribution is 5.79. The molecular formula is C22H27F3N4O. The van der Waals surface area contributed by atoms with Gasteiger partial charge in [-0.3, -0.25) is 4.99 Å². The van der Waals surface area contributed by atoms with Gasteiger partial charge in [0.25, 0.3) is 0 Å². The van der Waals surface area contributed by atoms with Crippen LogP contribution in [0.2, 0.25) is 0 Å². The average Bonchev–Trinajstić information content (AvgIpc) is 3.22. The maximum absolute atomic E-state index is 12.7. The molecular weight excluding hydrogens is 393 g/mol. The lowest BCUT2D eigenvalue weighted by molar-refractivity contribution is -0.137. The van der Waals surface area contributed by atoms with Crippen LogP contribution in [-0.4, -0.2) is 39.8 Å². The summed E-state index contributed by atoms with van der Waals surface area (Å²) in [5.74, 6) is 1.96. The number of benzene rings is 2. The van der Waals surface area contributed by atoms with Gasteiger partial charge < -0.3 is 20.3 Å². The second kappa shape index (κ2) is 9.73. The van der Waals surface area contributed by atoms with Crippen molar-refractivity contribution in [3.8, 4) is 5.75 Å². The summed E-state index contributed by atoms with van der Waals surface area (Å²) in [7, 11) is 3.36. The van der Waals surface area contributed by atoms with Crippen molar-refractivity contribution in [2.75, 3.05) is 38.7 Å². The van der Waals surface area contributed by atoms with Gasteiger partial charge in [-0.15, -0.1) is 0 Å². The Bertz CT molecular complexity index is 852. The molecule has 0 spiro atoms. The van der Waals surface area contributed by atoms with Crippen LogP contribution in [0, 0.1) is 5.92 Å². The number of alkyl halides is 3. The molecule has 1 saturated heterocycles. The van der Waals surface area contributed by atoms with Crippen molar-refractivity contribution in [2.45, 2.75) is 19.1 Å². The Labute approximate surface area is 174 Å². The Kier molecular flexibility index (Phi) is 7.07. The molecule has 162 valence electrons. The highest BCUT2D eigenvalue weighted by Crippen LogP contribution is 2.32. The number of anilines is 1. The molecule has 2 N–H and O–H groups in total. The normalized spacial score (nSPS) is 17.2. The van der Waals surface area contributed by atoms with Gasteiger partial charge in [-0.2, -0.15) is 13.2 Å². The lowest BCUT2D eigenvalue weighted by Gasteiger charge is -2.21. The number of nitrogens with zero attached hydrogens (tertiary/aromatic N) is 2. The molecule has 5 nitrogen and oxygen atoms in total. The first-order valence-corrected chi connectivity index (χ1v) is 9.89. The molecule has 2 aromatic carbocycles. The van der Waals surface area contributed by atoms with E-state index in [0.717, 1.165) is 55.2 Å². The van der Waals surface area contributed by atoms with Crippen LogP contribution in [0.5, 0.6) is 5.75 Å². The Hall–Kier alpha value is -2.90. The van der Waals surface area contributed by atoms with Crippen molar-refractivity contribution in [1.29, 1.82) is 0 Å². The molecule has 2 aromatic rings. The van der Waals surface area contributed by atoms with Gasteiger partial charge in [-0.25, -0.2) is 0 Å². The van der Waals surface area contributed by atoms with E-state index < -0.39 is 11.7 Å². The van der Waals surface area contributed by atoms with Crippen molar-refractivity contribution in [1.82, 2.24) is 10.6 Å². The van der Waals surface area contributed by atoms with Gasteiger partial charge in [0, 0.05) is 33.2 Å². The van der Waals surface area contributed by atoms with Crippen molar-refractivity contribution in [2.24, 2.45) is 10.9 Å². The van der Waals surface area contributed by atoms with Gasteiger partial charge in [-0.05, 0) is 42.2 Å². The molecule has 1 unspecified atom stereocenters. The zero-order chi connectivity index (χ0) is 21.6. The van der Waals surface area contributed by atoms with E-state index in [1.807, 2.05) is 18.2 Å². The highest BCUT2D eigenvalue weighted by Gasteiger charge is 2.30. The number of aliphatic imine (C=N–C) groups is 1. The summed E-state index contributed by atoms with van der Waals surface area (Å²) in [5, 5.41) is 6.47. The Morgan fingerprint density at radius 2 is 1.87 bits per heavy atom. The number of halogens is 3. The minimum atomic E-state index is -4.32. The van der Waals surface area contributed by atoms with Gasteiger partial charge in [0.2, 0.25) is 0 Å². The van der Waals surface area contributed by atoms with E-state index in [-0.39, 0.29) is 0 Å². The minimum absolute atomic E-state index is 0.399. The molecule has 8 heteroatoms. The molecule has 1 aliphatic rings. The van der Waals surface area contributed by atoms with Crippen molar-refractivity contribution in [3.63, 3.8) is 0 Å². The summed E-state index contributed by atoms with van der Waals surface area (Å²) < 4.78 is 43.4. The van der Waals surface area contributed by atoms with Crippen molar-refractivity contribution in [3.05, 3.63) is 59.7 Å². The first-order chi connectivity index (χ1) is 14.4. The van der Waals surface area contributed by atoms with E-state index in [2.05, 4.69) is 26.6 Å². The first kappa shape index (κ1) is 21.8. The molecule has 0 bridgehead atoms. The first-order valence-electron chi connectivity index (χ1n) is 9.89. The van der Waals surface area contributed by atoms with Crippen molar-refractivity contribution >= 4 is 11.6 Å². The third-order valence-electron chi connectivity index (χ3n) is 5.23. The summed E-state index contributed by atoms with van der Waals surface area (Å²) in [4.78, 5) is 6.53. The minimum Gasteiger partial charge on any atom is -0.495 e. The van der Waals surface area contributed by atoms with Crippen LogP contribution < -0.4 is 20.3 Å². The lowest BCUT2D eigenvalue weighted by Crippen LogP contribution is -2.40. The molecule has 3 rings (SSSR count). The zero-order valence-corrected chi connectivity index (χ0v) is 17.2. The zero-order valence-electron chi connectivity index (χ0n) is 17.2. The van der Waals surface area contributed by atoms with Gasteiger partial charge in [-0.1, -0.05) is 24.3 Å². The van der Waals surface area contributed by atoms with E-state index in [1.54, 1.807) is 14.2 Å². The Morgan fingerprint density at radius 1 is 1.13 bits per heavy atom. The van der Waals surface area contributed by atoms with Crippen LogP contribution >= 0.6 is 0 Å². The van der Waals surface area contributed by atoms with Crippen LogP contribution in [0.1, 0.15) is 17.5 Å². The third kappa shape index (κ3) is 5.58. The van der Waals surface area contributed by atoms with Gasteiger partial charge in [0.15, 0.2) is 5.96 Å². The predicted molar refractivity (Wildman–Crippen MR) is 113 cm³/mol. The fourth-order valence-corrected chi connectivity index (χ4v) is 3.57. The van der Waals surface area contributed by atoms with Crippen LogP contribution in [0.3, 0.4) is 0 Å². The average molecular weight is 420 g/mol.